The topological polar surface area (TPSA) is 59.4 Å². The Morgan fingerprint density at radius 1 is 1.42 bits per heavy atom. The summed E-state index contributed by atoms with van der Waals surface area (Å²) in [5.41, 5.74) is 1.43. The Bertz CT molecular complexity index is 777. The molecule has 0 aliphatic carbocycles. The standard InChI is InChI=1S/C17H21ClN4O2/c1-21-17(23)16(18)13(10-20-21)19-9-12-7-8-22(11-12)14-5-3-4-6-15(14)24-2/h3-6,10,12,19H,7-9,11H2,1-2H3. The Hall–Kier alpha value is -2.21. The fraction of sp³-hybridized carbons (Fsp3) is 0.412. The van der Waals surface area contributed by atoms with Crippen LogP contribution < -0.4 is 20.5 Å². The molecule has 3 rings (SSSR count). The van der Waals surface area contributed by atoms with Gasteiger partial charge >= 0.3 is 0 Å². The molecule has 0 amide bonds. The third kappa shape index (κ3) is 3.33. The highest BCUT2D eigenvalue weighted by atomic mass is 35.5. The van der Waals surface area contributed by atoms with Crippen LogP contribution in [0.3, 0.4) is 0 Å². The predicted molar refractivity (Wildman–Crippen MR) is 96.3 cm³/mol. The normalized spacial score (nSPS) is 17.1. The average molecular weight is 349 g/mol. The van der Waals surface area contributed by atoms with Crippen LogP contribution in [0.15, 0.2) is 35.3 Å². The quantitative estimate of drug-likeness (QED) is 0.899. The number of aromatic nitrogens is 2. The van der Waals surface area contributed by atoms with E-state index in [0.717, 1.165) is 37.5 Å². The molecule has 128 valence electrons. The zero-order valence-electron chi connectivity index (χ0n) is 13.8. The zero-order chi connectivity index (χ0) is 17.1. The Kier molecular flexibility index (Phi) is 4.94. The minimum atomic E-state index is -0.288. The molecule has 2 heterocycles. The molecule has 0 saturated carbocycles. The number of halogens is 1. The highest BCUT2D eigenvalue weighted by molar-refractivity contribution is 6.32. The second kappa shape index (κ2) is 7.13. The van der Waals surface area contributed by atoms with Gasteiger partial charge in [-0.3, -0.25) is 4.79 Å². The maximum Gasteiger partial charge on any atom is 0.287 e. The smallest absolute Gasteiger partial charge is 0.287 e. The number of benzene rings is 1. The summed E-state index contributed by atoms with van der Waals surface area (Å²) in [6.45, 7) is 2.67. The molecule has 1 aliphatic rings. The van der Waals surface area contributed by atoms with Crippen molar-refractivity contribution in [2.24, 2.45) is 13.0 Å². The molecule has 0 bridgehead atoms. The van der Waals surface area contributed by atoms with E-state index in [1.54, 1.807) is 20.4 Å². The van der Waals surface area contributed by atoms with Crippen molar-refractivity contribution < 1.29 is 4.74 Å². The van der Waals surface area contributed by atoms with Crippen molar-refractivity contribution in [3.8, 4) is 5.75 Å². The van der Waals surface area contributed by atoms with Crippen molar-refractivity contribution >= 4 is 23.0 Å². The summed E-state index contributed by atoms with van der Waals surface area (Å²) in [5.74, 6) is 1.36. The number of nitrogens with zero attached hydrogens (tertiary/aromatic N) is 3. The molecule has 0 spiro atoms. The molecule has 1 saturated heterocycles. The average Bonchev–Trinajstić information content (AvgIpc) is 3.08. The molecular weight excluding hydrogens is 328 g/mol. The predicted octanol–water partition coefficient (Wildman–Crippen LogP) is 2.38. The molecule has 1 unspecified atom stereocenters. The summed E-state index contributed by atoms with van der Waals surface area (Å²) in [4.78, 5) is 14.1. The summed E-state index contributed by atoms with van der Waals surface area (Å²) < 4.78 is 6.67. The third-order valence-electron chi connectivity index (χ3n) is 4.37. The van der Waals surface area contributed by atoms with Gasteiger partial charge in [0.15, 0.2) is 0 Å². The van der Waals surface area contributed by atoms with Gasteiger partial charge in [-0.1, -0.05) is 23.7 Å². The van der Waals surface area contributed by atoms with Gasteiger partial charge in [-0.05, 0) is 24.5 Å². The van der Waals surface area contributed by atoms with Gasteiger partial charge in [-0.15, -0.1) is 0 Å². The van der Waals surface area contributed by atoms with Crippen molar-refractivity contribution in [1.29, 1.82) is 0 Å². The van der Waals surface area contributed by atoms with Gasteiger partial charge in [0.2, 0.25) is 0 Å². The lowest BCUT2D eigenvalue weighted by Gasteiger charge is -2.21. The summed E-state index contributed by atoms with van der Waals surface area (Å²) in [6, 6.07) is 8.05. The number of aryl methyl sites for hydroxylation is 1. The first-order chi connectivity index (χ1) is 11.6. The van der Waals surface area contributed by atoms with E-state index in [0.29, 0.717) is 11.6 Å². The number of methoxy groups -OCH3 is 1. The van der Waals surface area contributed by atoms with Gasteiger partial charge in [-0.2, -0.15) is 5.10 Å². The van der Waals surface area contributed by atoms with Crippen LogP contribution in [0.2, 0.25) is 5.02 Å². The van der Waals surface area contributed by atoms with Crippen molar-refractivity contribution in [3.05, 3.63) is 45.8 Å². The van der Waals surface area contributed by atoms with E-state index in [1.807, 2.05) is 18.2 Å². The van der Waals surface area contributed by atoms with Crippen LogP contribution in [0, 0.1) is 5.92 Å². The van der Waals surface area contributed by atoms with Crippen molar-refractivity contribution in [1.82, 2.24) is 9.78 Å². The molecular formula is C17H21ClN4O2. The third-order valence-corrected chi connectivity index (χ3v) is 4.74. The summed E-state index contributed by atoms with van der Waals surface area (Å²) in [5, 5.41) is 7.45. The summed E-state index contributed by atoms with van der Waals surface area (Å²) in [7, 11) is 3.28. The highest BCUT2D eigenvalue weighted by Gasteiger charge is 2.24. The van der Waals surface area contributed by atoms with E-state index in [-0.39, 0.29) is 10.6 Å². The van der Waals surface area contributed by atoms with Crippen LogP contribution in [0.4, 0.5) is 11.4 Å². The van der Waals surface area contributed by atoms with Crippen LogP contribution in [0.25, 0.3) is 0 Å². The largest absolute Gasteiger partial charge is 0.495 e. The van der Waals surface area contributed by atoms with Gasteiger partial charge in [-0.25, -0.2) is 4.68 Å². The molecule has 0 radical (unpaired) electrons. The Morgan fingerprint density at radius 2 is 2.21 bits per heavy atom. The number of para-hydroxylation sites is 2. The maximum absolute atomic E-state index is 11.8. The fourth-order valence-corrected chi connectivity index (χ4v) is 3.24. The van der Waals surface area contributed by atoms with Crippen LogP contribution in [0.5, 0.6) is 5.75 Å². The van der Waals surface area contributed by atoms with Gasteiger partial charge in [0.25, 0.3) is 5.56 Å². The fourth-order valence-electron chi connectivity index (χ4n) is 3.00. The Morgan fingerprint density at radius 3 is 3.00 bits per heavy atom. The van der Waals surface area contributed by atoms with Crippen LogP contribution in [-0.2, 0) is 7.05 Å². The van der Waals surface area contributed by atoms with Crippen molar-refractivity contribution in [2.75, 3.05) is 37.0 Å². The first kappa shape index (κ1) is 16.6. The van der Waals surface area contributed by atoms with Crippen LogP contribution in [-0.4, -0.2) is 36.5 Å². The lowest BCUT2D eigenvalue weighted by atomic mass is 10.1. The second-order valence-corrected chi connectivity index (χ2v) is 6.33. The van der Waals surface area contributed by atoms with E-state index in [9.17, 15) is 4.79 Å². The summed E-state index contributed by atoms with van der Waals surface area (Å²) >= 11 is 6.09. The van der Waals surface area contributed by atoms with Crippen molar-refractivity contribution in [2.45, 2.75) is 6.42 Å². The number of hydrogen-bond donors (Lipinski definition) is 1. The minimum Gasteiger partial charge on any atom is -0.495 e. The highest BCUT2D eigenvalue weighted by Crippen LogP contribution is 2.32. The lowest BCUT2D eigenvalue weighted by molar-refractivity contribution is 0.414. The summed E-state index contributed by atoms with van der Waals surface area (Å²) in [6.07, 6.45) is 2.66. The van der Waals surface area contributed by atoms with Crippen LogP contribution >= 0.6 is 11.6 Å². The number of nitrogens with one attached hydrogen (secondary N) is 1. The van der Waals surface area contributed by atoms with E-state index < -0.39 is 0 Å². The number of ether oxygens (including phenoxy) is 1. The Balaban J connectivity index is 1.63. The molecule has 1 N–H and O–H groups in total. The zero-order valence-corrected chi connectivity index (χ0v) is 14.6. The SMILES string of the molecule is COc1ccccc1N1CCC(CNc2cnn(C)c(=O)c2Cl)C1. The lowest BCUT2D eigenvalue weighted by Crippen LogP contribution is -2.24. The molecule has 1 aliphatic heterocycles. The second-order valence-electron chi connectivity index (χ2n) is 5.95. The molecule has 1 atom stereocenters. The van der Waals surface area contributed by atoms with Crippen LogP contribution in [0.1, 0.15) is 6.42 Å². The Labute approximate surface area is 146 Å². The number of rotatable bonds is 5. The number of hydrogen-bond acceptors (Lipinski definition) is 5. The molecule has 6 nitrogen and oxygen atoms in total. The van der Waals surface area contributed by atoms with E-state index in [1.165, 1.54) is 4.68 Å². The van der Waals surface area contributed by atoms with Gasteiger partial charge in [0.05, 0.1) is 24.7 Å². The maximum atomic E-state index is 11.8. The first-order valence-electron chi connectivity index (χ1n) is 7.93. The molecule has 24 heavy (non-hydrogen) atoms. The van der Waals surface area contributed by atoms with Gasteiger partial charge < -0.3 is 15.0 Å². The van der Waals surface area contributed by atoms with Crippen molar-refractivity contribution in [3.63, 3.8) is 0 Å². The van der Waals surface area contributed by atoms with E-state index in [4.69, 9.17) is 16.3 Å². The van der Waals surface area contributed by atoms with Gasteiger partial charge in [0, 0.05) is 26.7 Å². The van der Waals surface area contributed by atoms with Gasteiger partial charge in [0.1, 0.15) is 10.8 Å². The minimum absolute atomic E-state index is 0.187. The van der Waals surface area contributed by atoms with E-state index in [2.05, 4.69) is 21.4 Å². The molecule has 2 aromatic rings. The molecule has 1 aromatic carbocycles. The first-order valence-corrected chi connectivity index (χ1v) is 8.31. The van der Waals surface area contributed by atoms with E-state index >= 15 is 0 Å². The monoisotopic (exact) mass is 348 g/mol. The molecule has 1 fully saturated rings. The number of anilines is 2. The molecule has 7 heteroatoms. The molecule has 1 aromatic heterocycles.